The van der Waals surface area contributed by atoms with Crippen LogP contribution in [0.15, 0.2) is 0 Å². The maximum Gasteiger partial charge on any atom is 0.0832 e. The molecule has 0 aromatic heterocycles. The van der Waals surface area contributed by atoms with Crippen molar-refractivity contribution >= 4 is 0 Å². The first kappa shape index (κ1) is 10.4. The Kier molecular flexibility index (Phi) is 2.58. The maximum absolute atomic E-state index is 9.86. The van der Waals surface area contributed by atoms with Gasteiger partial charge in [-0.3, -0.25) is 4.90 Å². The van der Waals surface area contributed by atoms with Crippen LogP contribution in [-0.4, -0.2) is 47.3 Å². The molecule has 2 rings (SSSR count). The minimum Gasteiger partial charge on any atom is -0.390 e. The third kappa shape index (κ3) is 1.69. The van der Waals surface area contributed by atoms with Crippen molar-refractivity contribution in [3.05, 3.63) is 0 Å². The monoisotopic (exact) mass is 198 g/mol. The second kappa shape index (κ2) is 3.47. The van der Waals surface area contributed by atoms with E-state index in [9.17, 15) is 5.11 Å². The average Bonchev–Trinajstić information content (AvgIpc) is 2.55. The first-order valence-corrected chi connectivity index (χ1v) is 5.66. The van der Waals surface area contributed by atoms with Gasteiger partial charge in [0, 0.05) is 31.2 Å². The first-order valence-electron chi connectivity index (χ1n) is 5.66. The molecule has 2 aliphatic heterocycles. The molecule has 3 atom stereocenters. The van der Waals surface area contributed by atoms with Crippen molar-refractivity contribution in [2.45, 2.75) is 44.9 Å². The van der Waals surface area contributed by atoms with Gasteiger partial charge in [-0.15, -0.1) is 0 Å². The summed E-state index contributed by atoms with van der Waals surface area (Å²) in [6.07, 6.45) is 1.07. The Balaban J connectivity index is 2.09. The van der Waals surface area contributed by atoms with E-state index in [4.69, 9.17) is 0 Å². The fraction of sp³-hybridized carbons (Fsp3) is 1.00. The van der Waals surface area contributed by atoms with Gasteiger partial charge in [0.2, 0.25) is 0 Å². The third-order valence-electron chi connectivity index (χ3n) is 3.69. The number of aliphatic hydroxyl groups is 1. The molecule has 14 heavy (non-hydrogen) atoms. The van der Waals surface area contributed by atoms with Gasteiger partial charge in [0.25, 0.3) is 0 Å². The Hall–Kier alpha value is -0.120. The predicted molar refractivity (Wildman–Crippen MR) is 57.2 cm³/mol. The molecular formula is C11H22N2O. The van der Waals surface area contributed by atoms with Crippen LogP contribution in [0.25, 0.3) is 0 Å². The highest BCUT2D eigenvalue weighted by Gasteiger charge is 2.43. The van der Waals surface area contributed by atoms with Crippen LogP contribution >= 0.6 is 0 Å². The van der Waals surface area contributed by atoms with Gasteiger partial charge in [-0.25, -0.2) is 0 Å². The van der Waals surface area contributed by atoms with E-state index in [2.05, 4.69) is 31.0 Å². The minimum absolute atomic E-state index is 0.181. The summed E-state index contributed by atoms with van der Waals surface area (Å²) in [7, 11) is 0. The van der Waals surface area contributed by atoms with Crippen molar-refractivity contribution in [1.82, 2.24) is 10.2 Å². The number of β-amino-alcohol motifs (C(OH)–C–C–N with tert-alkyl or cyclic N) is 1. The van der Waals surface area contributed by atoms with Gasteiger partial charge in [0.05, 0.1) is 6.10 Å². The van der Waals surface area contributed by atoms with Gasteiger partial charge in [-0.05, 0) is 26.2 Å². The number of nitrogens with zero attached hydrogens (tertiary/aromatic N) is 1. The number of hydrogen-bond acceptors (Lipinski definition) is 3. The Morgan fingerprint density at radius 2 is 2.07 bits per heavy atom. The SMILES string of the molecule is CC1CN([C@@H]2CNC[C@H]2O)C(C)(C)C1. The summed E-state index contributed by atoms with van der Waals surface area (Å²) < 4.78 is 0. The van der Waals surface area contributed by atoms with Crippen molar-refractivity contribution in [2.24, 2.45) is 5.92 Å². The Morgan fingerprint density at radius 3 is 2.50 bits per heavy atom. The molecule has 0 saturated carbocycles. The number of rotatable bonds is 1. The zero-order valence-electron chi connectivity index (χ0n) is 9.45. The molecule has 82 valence electrons. The van der Waals surface area contributed by atoms with Crippen LogP contribution < -0.4 is 5.32 Å². The van der Waals surface area contributed by atoms with Crippen molar-refractivity contribution in [1.29, 1.82) is 0 Å². The van der Waals surface area contributed by atoms with Crippen molar-refractivity contribution in [2.75, 3.05) is 19.6 Å². The Labute approximate surface area is 86.5 Å². The molecule has 0 spiro atoms. The zero-order valence-corrected chi connectivity index (χ0v) is 9.45. The summed E-state index contributed by atoms with van der Waals surface area (Å²) >= 11 is 0. The van der Waals surface area contributed by atoms with Crippen LogP contribution in [0.1, 0.15) is 27.2 Å². The predicted octanol–water partition coefficient (Wildman–Crippen LogP) is 0.439. The lowest BCUT2D eigenvalue weighted by molar-refractivity contribution is 0.0442. The van der Waals surface area contributed by atoms with E-state index in [0.29, 0.717) is 6.04 Å². The summed E-state index contributed by atoms with van der Waals surface area (Å²) in [5.74, 6) is 0.762. The normalized spacial score (nSPS) is 43.3. The molecule has 0 aromatic carbocycles. The van der Waals surface area contributed by atoms with E-state index >= 15 is 0 Å². The number of nitrogens with one attached hydrogen (secondary N) is 1. The van der Waals surface area contributed by atoms with Crippen LogP contribution in [-0.2, 0) is 0 Å². The molecule has 0 aromatic rings. The summed E-state index contributed by atoms with van der Waals surface area (Å²) in [6, 6.07) is 0.329. The largest absolute Gasteiger partial charge is 0.390 e. The number of aliphatic hydroxyl groups excluding tert-OH is 1. The molecule has 0 radical (unpaired) electrons. The molecule has 0 amide bonds. The van der Waals surface area contributed by atoms with Gasteiger partial charge in [0.15, 0.2) is 0 Å². The van der Waals surface area contributed by atoms with Crippen LogP contribution in [0.5, 0.6) is 0 Å². The third-order valence-corrected chi connectivity index (χ3v) is 3.69. The summed E-state index contributed by atoms with van der Waals surface area (Å²) in [5.41, 5.74) is 0.261. The molecule has 2 fully saturated rings. The Bertz CT molecular complexity index is 217. The summed E-state index contributed by atoms with van der Waals surface area (Å²) in [6.45, 7) is 9.72. The lowest BCUT2D eigenvalue weighted by Crippen LogP contribution is -2.50. The maximum atomic E-state index is 9.86. The summed E-state index contributed by atoms with van der Waals surface area (Å²) in [4.78, 5) is 2.49. The highest BCUT2D eigenvalue weighted by Crippen LogP contribution is 2.35. The minimum atomic E-state index is -0.181. The second-order valence-corrected chi connectivity index (χ2v) is 5.57. The van der Waals surface area contributed by atoms with Crippen molar-refractivity contribution in [3.8, 4) is 0 Å². The second-order valence-electron chi connectivity index (χ2n) is 5.57. The van der Waals surface area contributed by atoms with Gasteiger partial charge < -0.3 is 10.4 Å². The van der Waals surface area contributed by atoms with Crippen LogP contribution in [0, 0.1) is 5.92 Å². The van der Waals surface area contributed by atoms with Crippen LogP contribution in [0.4, 0.5) is 0 Å². The Morgan fingerprint density at radius 1 is 1.36 bits per heavy atom. The van der Waals surface area contributed by atoms with Gasteiger partial charge >= 0.3 is 0 Å². The highest BCUT2D eigenvalue weighted by atomic mass is 16.3. The fourth-order valence-corrected chi connectivity index (χ4v) is 3.17. The van der Waals surface area contributed by atoms with Gasteiger partial charge in [-0.2, -0.15) is 0 Å². The standard InChI is InChI=1S/C11H22N2O/c1-8-4-11(2,3)13(7-8)9-5-12-6-10(9)14/h8-10,12,14H,4-7H2,1-3H3/t8?,9-,10-/m1/s1. The van der Waals surface area contributed by atoms with E-state index in [-0.39, 0.29) is 11.6 Å². The molecular weight excluding hydrogens is 176 g/mol. The van der Waals surface area contributed by atoms with E-state index in [0.717, 1.165) is 25.6 Å². The zero-order chi connectivity index (χ0) is 10.3. The lowest BCUT2D eigenvalue weighted by Gasteiger charge is -2.37. The molecule has 2 heterocycles. The van der Waals surface area contributed by atoms with E-state index in [1.54, 1.807) is 0 Å². The fourth-order valence-electron chi connectivity index (χ4n) is 3.17. The van der Waals surface area contributed by atoms with E-state index in [1.807, 2.05) is 0 Å². The quantitative estimate of drug-likeness (QED) is 0.642. The molecule has 3 heteroatoms. The first-order chi connectivity index (χ1) is 6.50. The number of hydrogen-bond donors (Lipinski definition) is 2. The number of likely N-dealkylation sites (tertiary alicyclic amines) is 1. The topological polar surface area (TPSA) is 35.5 Å². The molecule has 2 aliphatic rings. The molecule has 0 aliphatic carbocycles. The molecule has 2 N–H and O–H groups in total. The molecule has 2 saturated heterocycles. The van der Waals surface area contributed by atoms with Gasteiger partial charge in [-0.1, -0.05) is 6.92 Å². The van der Waals surface area contributed by atoms with Crippen molar-refractivity contribution < 1.29 is 5.11 Å². The van der Waals surface area contributed by atoms with Crippen LogP contribution in [0.2, 0.25) is 0 Å². The molecule has 3 nitrogen and oxygen atoms in total. The smallest absolute Gasteiger partial charge is 0.0832 e. The van der Waals surface area contributed by atoms with E-state index in [1.165, 1.54) is 6.42 Å². The lowest BCUT2D eigenvalue weighted by atomic mass is 9.96. The highest BCUT2D eigenvalue weighted by molar-refractivity contribution is 5.00. The summed E-state index contributed by atoms with van der Waals surface area (Å²) in [5, 5.41) is 13.1. The van der Waals surface area contributed by atoms with Gasteiger partial charge in [0.1, 0.15) is 0 Å². The average molecular weight is 198 g/mol. The van der Waals surface area contributed by atoms with E-state index < -0.39 is 0 Å². The van der Waals surface area contributed by atoms with Crippen LogP contribution in [0.3, 0.4) is 0 Å². The molecule has 1 unspecified atom stereocenters. The van der Waals surface area contributed by atoms with Crippen molar-refractivity contribution in [3.63, 3.8) is 0 Å². The molecule has 0 bridgehead atoms.